The molecule has 2 aromatic carbocycles. The van der Waals surface area contributed by atoms with Crippen molar-refractivity contribution in [3.8, 4) is 0 Å². The molecule has 4 rings (SSSR count). The molecule has 1 aliphatic carbocycles. The minimum Gasteiger partial charge on any atom is -0.475 e. The molecule has 2 fully saturated rings. The van der Waals surface area contributed by atoms with Crippen LogP contribution in [0.3, 0.4) is 0 Å². The van der Waals surface area contributed by atoms with Gasteiger partial charge in [-0.25, -0.2) is 4.79 Å². The predicted molar refractivity (Wildman–Crippen MR) is 147 cm³/mol. The highest BCUT2D eigenvalue weighted by atomic mass is 19.4. The summed E-state index contributed by atoms with van der Waals surface area (Å²) in [4.78, 5) is 26.8. The summed E-state index contributed by atoms with van der Waals surface area (Å²) in [6.45, 7) is 11.2. The Kier molecular flexibility index (Phi) is 11.4. The van der Waals surface area contributed by atoms with Gasteiger partial charge in [0.05, 0.1) is 0 Å². The third kappa shape index (κ3) is 10.3. The number of benzene rings is 2. The summed E-state index contributed by atoms with van der Waals surface area (Å²) in [6, 6.07) is 14.2. The minimum absolute atomic E-state index is 0.0482. The van der Waals surface area contributed by atoms with E-state index in [1.807, 2.05) is 30.3 Å². The molecule has 9 heteroatoms. The van der Waals surface area contributed by atoms with Gasteiger partial charge in [-0.05, 0) is 93.1 Å². The van der Waals surface area contributed by atoms with Crippen molar-refractivity contribution in [3.63, 3.8) is 0 Å². The van der Waals surface area contributed by atoms with Gasteiger partial charge in [0, 0.05) is 37.4 Å². The number of nitrogens with zero attached hydrogens (tertiary/aromatic N) is 2. The minimum atomic E-state index is -5.08. The third-order valence-corrected chi connectivity index (χ3v) is 7.55. The number of amides is 1. The summed E-state index contributed by atoms with van der Waals surface area (Å²) >= 11 is 0. The normalized spacial score (nSPS) is 17.6. The lowest BCUT2D eigenvalue weighted by atomic mass is 9.89. The number of aliphatic carboxylic acids is 1. The van der Waals surface area contributed by atoms with Crippen LogP contribution in [0.25, 0.3) is 0 Å². The average molecular weight is 548 g/mol. The van der Waals surface area contributed by atoms with Crippen molar-refractivity contribution < 1.29 is 27.9 Å². The lowest BCUT2D eigenvalue weighted by molar-refractivity contribution is -0.192. The quantitative estimate of drug-likeness (QED) is 0.446. The number of carbonyl (C=O) groups excluding carboxylic acids is 1. The maximum atomic E-state index is 12.6. The highest BCUT2D eigenvalue weighted by Crippen LogP contribution is 2.25. The molecule has 214 valence electrons. The van der Waals surface area contributed by atoms with E-state index in [1.54, 1.807) is 0 Å². The van der Waals surface area contributed by atoms with Crippen LogP contribution in [0.15, 0.2) is 42.5 Å². The van der Waals surface area contributed by atoms with E-state index >= 15 is 0 Å². The maximum Gasteiger partial charge on any atom is 0.490 e. The molecule has 0 unspecified atom stereocenters. The zero-order valence-electron chi connectivity index (χ0n) is 22.9. The van der Waals surface area contributed by atoms with Crippen molar-refractivity contribution in [3.05, 3.63) is 64.7 Å². The first-order valence-corrected chi connectivity index (χ1v) is 13.7. The fourth-order valence-electron chi connectivity index (χ4n) is 5.14. The Labute approximate surface area is 229 Å². The maximum absolute atomic E-state index is 12.6. The van der Waals surface area contributed by atoms with Gasteiger partial charge in [0.15, 0.2) is 0 Å². The fraction of sp³-hybridized carbons (Fsp3) is 0.533. The van der Waals surface area contributed by atoms with Crippen molar-refractivity contribution in [1.29, 1.82) is 0 Å². The van der Waals surface area contributed by atoms with Crippen LogP contribution in [0.5, 0.6) is 0 Å². The van der Waals surface area contributed by atoms with Crippen LogP contribution >= 0.6 is 0 Å². The molecular formula is C30H40F3N3O3. The summed E-state index contributed by atoms with van der Waals surface area (Å²) < 4.78 is 31.7. The summed E-state index contributed by atoms with van der Waals surface area (Å²) in [6.07, 6.45) is 3.35. The number of aryl methyl sites for hydroxylation is 2. The lowest BCUT2D eigenvalue weighted by Crippen LogP contribution is -2.34. The molecule has 1 aliphatic heterocycles. The number of halogens is 3. The number of nitrogens with one attached hydrogen (secondary N) is 1. The van der Waals surface area contributed by atoms with E-state index in [2.05, 4.69) is 41.1 Å². The molecule has 0 atom stereocenters. The van der Waals surface area contributed by atoms with Gasteiger partial charge in [0.25, 0.3) is 5.91 Å². The molecular weight excluding hydrogens is 507 g/mol. The molecule has 1 heterocycles. The zero-order chi connectivity index (χ0) is 28.4. The third-order valence-electron chi connectivity index (χ3n) is 7.55. The summed E-state index contributed by atoms with van der Waals surface area (Å²) in [5, 5.41) is 10.1. The predicted octanol–water partition coefficient (Wildman–Crippen LogP) is 6.28. The van der Waals surface area contributed by atoms with Crippen molar-refractivity contribution in [2.24, 2.45) is 5.92 Å². The zero-order valence-corrected chi connectivity index (χ0v) is 22.9. The van der Waals surface area contributed by atoms with Gasteiger partial charge in [0.2, 0.25) is 0 Å². The molecule has 6 nitrogen and oxygen atoms in total. The van der Waals surface area contributed by atoms with E-state index in [0.29, 0.717) is 5.56 Å². The number of anilines is 1. The number of hydrogen-bond donors (Lipinski definition) is 2. The molecule has 1 saturated heterocycles. The lowest BCUT2D eigenvalue weighted by Gasteiger charge is -2.29. The van der Waals surface area contributed by atoms with Gasteiger partial charge < -0.3 is 15.3 Å². The summed E-state index contributed by atoms with van der Waals surface area (Å²) in [5.74, 6) is -1.88. The van der Waals surface area contributed by atoms with Crippen molar-refractivity contribution in [1.82, 2.24) is 9.80 Å². The van der Waals surface area contributed by atoms with Crippen LogP contribution in [-0.2, 0) is 11.3 Å². The Morgan fingerprint density at radius 1 is 0.872 bits per heavy atom. The van der Waals surface area contributed by atoms with E-state index in [-0.39, 0.29) is 5.91 Å². The van der Waals surface area contributed by atoms with Crippen LogP contribution < -0.4 is 5.32 Å². The SMILES string of the molecule is Cc1ccc(NC(=O)c2ccc(CN3CCCN(CC4CCCCC4)CC3)cc2)cc1C.O=C(O)C(F)(F)F. The Bertz CT molecular complexity index is 1080. The van der Waals surface area contributed by atoms with Crippen molar-refractivity contribution in [2.75, 3.05) is 38.0 Å². The molecule has 2 N–H and O–H groups in total. The topological polar surface area (TPSA) is 72.9 Å². The van der Waals surface area contributed by atoms with Gasteiger partial charge in [0.1, 0.15) is 0 Å². The molecule has 0 aromatic heterocycles. The Hall–Kier alpha value is -2.91. The number of alkyl halides is 3. The van der Waals surface area contributed by atoms with Crippen LogP contribution in [-0.4, -0.2) is 65.7 Å². The summed E-state index contributed by atoms with van der Waals surface area (Å²) in [5.41, 5.74) is 5.27. The molecule has 2 aromatic rings. The molecule has 1 saturated carbocycles. The van der Waals surface area contributed by atoms with Gasteiger partial charge in [-0.1, -0.05) is 37.5 Å². The van der Waals surface area contributed by atoms with Crippen LogP contribution in [0, 0.1) is 19.8 Å². The van der Waals surface area contributed by atoms with Gasteiger partial charge in [-0.2, -0.15) is 13.2 Å². The highest BCUT2D eigenvalue weighted by molar-refractivity contribution is 6.04. The number of carbonyl (C=O) groups is 2. The monoisotopic (exact) mass is 547 g/mol. The molecule has 0 bridgehead atoms. The first-order chi connectivity index (χ1) is 18.5. The van der Waals surface area contributed by atoms with E-state index in [4.69, 9.17) is 9.90 Å². The van der Waals surface area contributed by atoms with Gasteiger partial charge >= 0.3 is 12.1 Å². The van der Waals surface area contributed by atoms with Gasteiger partial charge in [-0.15, -0.1) is 0 Å². The Balaban J connectivity index is 0.000000532. The second-order valence-corrected chi connectivity index (χ2v) is 10.7. The van der Waals surface area contributed by atoms with Crippen molar-refractivity contribution >= 4 is 17.6 Å². The van der Waals surface area contributed by atoms with Crippen molar-refractivity contribution in [2.45, 2.75) is 65.1 Å². The number of rotatable bonds is 6. The van der Waals surface area contributed by atoms with Crippen LogP contribution in [0.4, 0.5) is 18.9 Å². The second-order valence-electron chi connectivity index (χ2n) is 10.7. The average Bonchev–Trinajstić information content (AvgIpc) is 3.12. The molecule has 0 spiro atoms. The first kappa shape index (κ1) is 30.6. The molecule has 39 heavy (non-hydrogen) atoms. The molecule has 2 aliphatic rings. The van der Waals surface area contributed by atoms with E-state index in [9.17, 15) is 18.0 Å². The highest BCUT2D eigenvalue weighted by Gasteiger charge is 2.38. The second kappa shape index (κ2) is 14.5. The van der Waals surface area contributed by atoms with Crippen LogP contribution in [0.1, 0.15) is 65.6 Å². The largest absolute Gasteiger partial charge is 0.490 e. The standard InChI is InChI=1S/C28H39N3O.C2HF3O2/c1-22-9-14-27(19-23(22)2)29-28(32)26-12-10-25(11-13-26)21-31-16-6-15-30(17-18-31)20-24-7-4-3-5-8-24;3-2(4,5)1(6)7/h9-14,19,24H,3-8,15-18,20-21H2,1-2H3,(H,29,32);(H,6,7). The first-order valence-electron chi connectivity index (χ1n) is 13.7. The summed E-state index contributed by atoms with van der Waals surface area (Å²) in [7, 11) is 0. The van der Waals surface area contributed by atoms with E-state index in [0.717, 1.165) is 31.2 Å². The molecule has 0 radical (unpaired) electrons. The molecule has 1 amide bonds. The Morgan fingerprint density at radius 3 is 2.10 bits per heavy atom. The number of hydrogen-bond acceptors (Lipinski definition) is 4. The van der Waals surface area contributed by atoms with E-state index < -0.39 is 12.1 Å². The number of carboxylic acids is 1. The van der Waals surface area contributed by atoms with Gasteiger partial charge in [-0.3, -0.25) is 9.69 Å². The Morgan fingerprint density at radius 2 is 1.49 bits per heavy atom. The smallest absolute Gasteiger partial charge is 0.475 e. The fourth-order valence-corrected chi connectivity index (χ4v) is 5.14. The van der Waals surface area contributed by atoms with E-state index in [1.165, 1.54) is 74.8 Å². The van der Waals surface area contributed by atoms with Crippen LogP contribution in [0.2, 0.25) is 0 Å². The number of carboxylic acid groups (broad SMARTS) is 1.